The van der Waals surface area contributed by atoms with Crippen LogP contribution < -0.4 is 0 Å². The molecule has 0 radical (unpaired) electrons. The monoisotopic (exact) mass is 1130 g/mol. The summed E-state index contributed by atoms with van der Waals surface area (Å²) in [6.07, 6.45) is 8.87. The van der Waals surface area contributed by atoms with Crippen molar-refractivity contribution in [3.63, 3.8) is 0 Å². The maximum Gasteiger partial charge on any atom is 0.294 e. The number of phenols is 1. The molecular weight excluding hydrogens is 1080 g/mol. The molecule has 0 spiro atoms. The predicted molar refractivity (Wildman–Crippen MR) is 296 cm³/mol. The molecule has 19 nitrogen and oxygen atoms in total. The van der Waals surface area contributed by atoms with E-state index in [0.717, 1.165) is 63.9 Å². The molecule has 3 aromatic heterocycles. The van der Waals surface area contributed by atoms with Crippen LogP contribution in [-0.2, 0) is 36.8 Å². The molecule has 13 rings (SSSR count). The number of unbranched alkanes of at least 4 members (excludes halogenated alkanes) is 2. The minimum atomic E-state index is -4.73. The minimum absolute atomic E-state index is 0.00816. The van der Waals surface area contributed by atoms with Gasteiger partial charge in [0.05, 0.1) is 20.3 Å². The summed E-state index contributed by atoms with van der Waals surface area (Å²) in [7, 11) is -14.2. The Bertz CT molecular complexity index is 4670. The minimum Gasteiger partial charge on any atom is -0.508 e. The molecule has 0 amide bonds. The lowest BCUT2D eigenvalue weighted by Crippen LogP contribution is -2.50. The summed E-state index contributed by atoms with van der Waals surface area (Å²) in [6.45, 7) is 2.31. The Balaban J connectivity index is 0.857. The molecule has 5 aromatic carbocycles. The van der Waals surface area contributed by atoms with E-state index in [4.69, 9.17) is 29.9 Å². The summed E-state index contributed by atoms with van der Waals surface area (Å²) in [6, 6.07) is 22.4. The average Bonchev–Trinajstić information content (AvgIpc) is 3.65. The Morgan fingerprint density at radius 1 is 0.575 bits per heavy atom. The van der Waals surface area contributed by atoms with Gasteiger partial charge in [0.15, 0.2) is 23.3 Å². The zero-order valence-electron chi connectivity index (χ0n) is 42.6. The van der Waals surface area contributed by atoms with Crippen molar-refractivity contribution in [2.24, 2.45) is 17.3 Å². The summed E-state index contributed by atoms with van der Waals surface area (Å²) in [4.78, 5) is 33.7. The number of aliphatic hydroxyl groups is 1. The number of rotatable bonds is 7. The van der Waals surface area contributed by atoms with Gasteiger partial charge in [-0.3, -0.25) is 13.7 Å². The fourth-order valence-corrected chi connectivity index (χ4v) is 14.7. The second-order valence-electron chi connectivity index (χ2n) is 21.5. The van der Waals surface area contributed by atoms with Crippen molar-refractivity contribution in [2.75, 3.05) is 0 Å². The molecule has 0 unspecified atom stereocenters. The fraction of sp³-hybridized carbons (Fsp3) is 0.276. The molecular formula is C58H48N8O11S3. The number of hydrogen-bond acceptors (Lipinski definition) is 14. The van der Waals surface area contributed by atoms with E-state index in [-0.39, 0.29) is 78.8 Å². The molecule has 3 aliphatic carbocycles. The van der Waals surface area contributed by atoms with E-state index < -0.39 is 50.6 Å². The number of aromatic amines is 2. The lowest BCUT2D eigenvalue weighted by Gasteiger charge is -2.53. The number of hydrogen-bond donors (Lipinski definition) is 7. The molecule has 8 bridgehead atoms. The largest absolute Gasteiger partial charge is 0.508 e. The number of benzene rings is 5. The van der Waals surface area contributed by atoms with Crippen LogP contribution in [0.25, 0.3) is 89.7 Å². The van der Waals surface area contributed by atoms with Crippen molar-refractivity contribution >= 4 is 74.5 Å². The molecule has 7 N–H and O–H groups in total. The van der Waals surface area contributed by atoms with Gasteiger partial charge in [-0.15, -0.1) is 0 Å². The van der Waals surface area contributed by atoms with Crippen LogP contribution in [-0.4, -0.2) is 94.6 Å². The van der Waals surface area contributed by atoms with Crippen LogP contribution in [0.5, 0.6) is 5.75 Å². The molecule has 5 heterocycles. The van der Waals surface area contributed by atoms with Crippen LogP contribution in [0, 0.1) is 40.9 Å². The Morgan fingerprint density at radius 3 is 1.74 bits per heavy atom. The maximum absolute atomic E-state index is 12.5. The number of fused-ring (bicyclic) bond motifs is 25. The van der Waals surface area contributed by atoms with Gasteiger partial charge in [0.1, 0.15) is 28.3 Å². The van der Waals surface area contributed by atoms with Crippen LogP contribution in [0.2, 0.25) is 0 Å². The van der Waals surface area contributed by atoms with Crippen LogP contribution in [0.3, 0.4) is 0 Å². The second-order valence-corrected chi connectivity index (χ2v) is 25.8. The highest BCUT2D eigenvalue weighted by Crippen LogP contribution is 2.65. The van der Waals surface area contributed by atoms with Gasteiger partial charge < -0.3 is 20.2 Å². The first-order valence-electron chi connectivity index (χ1n) is 26.0. The summed E-state index contributed by atoms with van der Waals surface area (Å²) in [5.74, 6) is 14.0. The Hall–Kier alpha value is -7.93. The summed E-state index contributed by atoms with van der Waals surface area (Å²) in [5.41, 5.74) is 3.76. The van der Waals surface area contributed by atoms with Gasteiger partial charge in [0.2, 0.25) is 0 Å². The van der Waals surface area contributed by atoms with Gasteiger partial charge in [0, 0.05) is 55.8 Å². The number of nitrogens with zero attached hydrogens (tertiary/aromatic N) is 6. The van der Waals surface area contributed by atoms with E-state index in [2.05, 4.69) is 46.6 Å². The first-order valence-corrected chi connectivity index (χ1v) is 30.3. The zero-order chi connectivity index (χ0) is 55.7. The Morgan fingerprint density at radius 2 is 1.12 bits per heavy atom. The average molecular weight is 1130 g/mol. The zero-order valence-corrected chi connectivity index (χ0v) is 45.0. The maximum atomic E-state index is 12.5. The van der Waals surface area contributed by atoms with Crippen molar-refractivity contribution in [3.05, 3.63) is 108 Å². The normalized spacial score (nSPS) is 21.1. The van der Waals surface area contributed by atoms with Crippen LogP contribution in [0.15, 0.2) is 106 Å². The number of aromatic nitrogens is 8. The predicted octanol–water partition coefficient (Wildman–Crippen LogP) is 9.52. The van der Waals surface area contributed by atoms with Crippen molar-refractivity contribution < 1.29 is 49.1 Å². The van der Waals surface area contributed by atoms with E-state index in [0.29, 0.717) is 51.8 Å². The summed E-state index contributed by atoms with van der Waals surface area (Å²) in [5, 5.41) is 23.8. The molecule has 5 atom stereocenters. The highest BCUT2D eigenvalue weighted by Gasteiger charge is 2.61. The second kappa shape index (κ2) is 18.6. The van der Waals surface area contributed by atoms with Crippen LogP contribution in [0.4, 0.5) is 0 Å². The molecule has 404 valence electrons. The first-order chi connectivity index (χ1) is 38.1. The number of nitrogens with one attached hydrogen (secondary N) is 2. The molecule has 2 aliphatic heterocycles. The molecule has 80 heavy (non-hydrogen) atoms. The van der Waals surface area contributed by atoms with Gasteiger partial charge in [-0.1, -0.05) is 24.8 Å². The van der Waals surface area contributed by atoms with E-state index in [1.54, 1.807) is 18.2 Å². The number of H-pyrrole nitrogens is 2. The number of aryl methyl sites for hydroxylation is 1. The topological polar surface area (TPSA) is 312 Å². The Labute approximate surface area is 458 Å². The van der Waals surface area contributed by atoms with E-state index in [1.807, 2.05) is 12.1 Å². The van der Waals surface area contributed by atoms with Crippen molar-refractivity contribution in [3.8, 4) is 75.0 Å². The van der Waals surface area contributed by atoms with Gasteiger partial charge in [0.25, 0.3) is 30.4 Å². The molecule has 5 aliphatic rings. The fourth-order valence-electron chi connectivity index (χ4n) is 13.2. The first kappa shape index (κ1) is 51.5. The standard InChI is InChI=1S/C58H48N8O11S3/c1-57-24-21-38-37-17-11-33(67)27-32(37)10-16-39(38)48(57)22-25-58(57,68)23-7-5-3-2-4-6-8-31-9-15-40-44(26-31)53-59-49(40)61-54-46-29-35(79(72,73)74)13-19-42(46)51(63-54)65-56-47-30-36(80(75,76)77)14-20-43(47)52(66-56)64-55-45-28-34(78(69,70)71)12-18-41(45)50(60-53)62-55/h9,11-15,17-20,26-30,38-39,48,67-68H,3,5,7,10,16,21-25H2,1H3,(H,69,70,71)(H,72,73,74)(H,75,76,77)(H2,59,60,61,62,63,64,65,66)/t38-,39-,48+,57+,58+/m1/s1. The van der Waals surface area contributed by atoms with E-state index in [1.165, 1.54) is 59.7 Å². The van der Waals surface area contributed by atoms with Crippen LogP contribution >= 0.6 is 0 Å². The lowest BCUT2D eigenvalue weighted by molar-refractivity contribution is -0.108. The number of aromatic hydroxyl groups is 1. The third kappa shape index (κ3) is 8.78. The number of phenolic OH excluding ortho intramolecular Hbond substituents is 1. The molecule has 8 aromatic rings. The van der Waals surface area contributed by atoms with E-state index in [9.17, 15) is 49.1 Å². The smallest absolute Gasteiger partial charge is 0.294 e. The molecule has 2 fully saturated rings. The third-order valence-corrected chi connectivity index (χ3v) is 19.7. The highest BCUT2D eigenvalue weighted by atomic mass is 32.2. The van der Waals surface area contributed by atoms with E-state index >= 15 is 0 Å². The van der Waals surface area contributed by atoms with Crippen molar-refractivity contribution in [1.29, 1.82) is 0 Å². The summed E-state index contributed by atoms with van der Waals surface area (Å²) >= 11 is 0. The van der Waals surface area contributed by atoms with Gasteiger partial charge in [-0.25, -0.2) is 29.9 Å². The Kier molecular flexibility index (Phi) is 12.0. The van der Waals surface area contributed by atoms with Gasteiger partial charge >= 0.3 is 0 Å². The molecule has 22 heteroatoms. The van der Waals surface area contributed by atoms with Crippen molar-refractivity contribution in [2.45, 2.75) is 97.3 Å². The van der Waals surface area contributed by atoms with Gasteiger partial charge in [-0.05, 0) is 189 Å². The third-order valence-electron chi connectivity index (χ3n) is 17.2. The quantitative estimate of drug-likeness (QED) is 0.0444. The molecule has 2 saturated carbocycles. The van der Waals surface area contributed by atoms with Crippen LogP contribution in [0.1, 0.15) is 87.3 Å². The SMILES string of the molecule is C[C@]12CC[C@@H]3c4ccc(O)cc4CC[C@H]3[C@@H]1CC[C@@]2(O)CCCCC#CC#Cc1ccc2c3nc4nc(nc5[nH]c(nc6nc(nc([nH]3)c2c1)-c1ccc(S(=O)(=O)O)cc1-6)c1ccc(S(=O)(=O)O)cc51)-c1ccc(S(=O)(=O)O)cc1-4. The highest BCUT2D eigenvalue weighted by molar-refractivity contribution is 7.86. The van der Waals surface area contributed by atoms with Crippen molar-refractivity contribution in [1.82, 2.24) is 39.9 Å². The lowest BCUT2D eigenvalue weighted by atomic mass is 9.53. The van der Waals surface area contributed by atoms with Gasteiger partial charge in [-0.2, -0.15) is 25.3 Å². The molecule has 0 saturated heterocycles. The summed E-state index contributed by atoms with van der Waals surface area (Å²) < 4.78 is 105.